The number of nitrogens with one attached hydrogen (secondary N) is 2. The van der Waals surface area contributed by atoms with E-state index in [2.05, 4.69) is 20.9 Å². The average Bonchev–Trinajstić information content (AvgIpc) is 3.33. The summed E-state index contributed by atoms with van der Waals surface area (Å²) in [6.45, 7) is 3.61. The Kier molecular flexibility index (Phi) is 5.50. The summed E-state index contributed by atoms with van der Waals surface area (Å²) in [6, 6.07) is 13.3. The van der Waals surface area contributed by atoms with E-state index in [0.29, 0.717) is 24.1 Å². The number of aromatic nitrogens is 3. The third-order valence-electron chi connectivity index (χ3n) is 6.27. The molecule has 1 aliphatic carbocycles. The van der Waals surface area contributed by atoms with Crippen molar-refractivity contribution in [2.45, 2.75) is 38.3 Å². The topological polar surface area (TPSA) is 111 Å². The van der Waals surface area contributed by atoms with Gasteiger partial charge in [-0.2, -0.15) is 5.10 Å². The normalized spacial score (nSPS) is 15.0. The highest BCUT2D eigenvalue weighted by atomic mass is 19.1. The Morgan fingerprint density at radius 2 is 1.97 bits per heavy atom. The molecule has 1 aliphatic rings. The van der Waals surface area contributed by atoms with Gasteiger partial charge in [0.15, 0.2) is 0 Å². The molecule has 2 N–H and O–H groups in total. The van der Waals surface area contributed by atoms with Crippen LogP contribution < -0.4 is 15.4 Å². The largest absolute Gasteiger partial charge is 0.479 e. The molecule has 10 heteroatoms. The number of halogens is 1. The maximum atomic E-state index is 15.1. The third-order valence-corrected chi connectivity index (χ3v) is 6.27. The minimum Gasteiger partial charge on any atom is -0.479 e. The van der Waals surface area contributed by atoms with E-state index in [0.717, 1.165) is 16.6 Å². The van der Waals surface area contributed by atoms with Crippen LogP contribution in [0.1, 0.15) is 47.6 Å². The van der Waals surface area contributed by atoms with Crippen molar-refractivity contribution in [1.29, 1.82) is 0 Å². The molecular weight excluding hydrogens is 453 g/mol. The molecule has 0 unspecified atom stereocenters. The van der Waals surface area contributed by atoms with Crippen LogP contribution in [-0.2, 0) is 4.79 Å². The molecular formula is C25H24FN5O4. The van der Waals surface area contributed by atoms with Gasteiger partial charge in [0.05, 0.1) is 36.1 Å². The number of nitrogens with zero attached hydrogens (tertiary/aromatic N) is 3. The lowest BCUT2D eigenvalue weighted by atomic mass is 10.1. The van der Waals surface area contributed by atoms with Crippen molar-refractivity contribution in [3.05, 3.63) is 71.4 Å². The van der Waals surface area contributed by atoms with Crippen molar-refractivity contribution in [3.63, 3.8) is 0 Å². The van der Waals surface area contributed by atoms with Crippen LogP contribution in [0.3, 0.4) is 0 Å². The molecule has 2 aromatic carbocycles. The first-order chi connectivity index (χ1) is 16.8. The van der Waals surface area contributed by atoms with Crippen LogP contribution in [0.2, 0.25) is 0 Å². The van der Waals surface area contributed by atoms with E-state index in [9.17, 15) is 9.59 Å². The van der Waals surface area contributed by atoms with E-state index in [1.807, 2.05) is 31.2 Å². The summed E-state index contributed by atoms with van der Waals surface area (Å²) in [7, 11) is 1.40. The number of amides is 2. The molecule has 2 heterocycles. The van der Waals surface area contributed by atoms with Crippen molar-refractivity contribution in [2.24, 2.45) is 0 Å². The van der Waals surface area contributed by atoms with Crippen LogP contribution in [-0.4, -0.2) is 39.4 Å². The number of methoxy groups -OCH3 is 1. The predicted octanol–water partition coefficient (Wildman–Crippen LogP) is 3.61. The van der Waals surface area contributed by atoms with Gasteiger partial charge in [-0.3, -0.25) is 9.59 Å². The van der Waals surface area contributed by atoms with E-state index < -0.39 is 23.3 Å². The molecule has 0 radical (unpaired) electrons. The van der Waals surface area contributed by atoms with Crippen molar-refractivity contribution in [1.82, 2.24) is 25.6 Å². The van der Waals surface area contributed by atoms with Crippen molar-refractivity contribution in [2.75, 3.05) is 7.11 Å². The summed E-state index contributed by atoms with van der Waals surface area (Å²) >= 11 is 0. The maximum Gasteiger partial charge on any atom is 0.290 e. The Labute approximate surface area is 200 Å². The van der Waals surface area contributed by atoms with Crippen LogP contribution in [0.25, 0.3) is 16.6 Å². The Morgan fingerprint density at radius 1 is 1.20 bits per heavy atom. The van der Waals surface area contributed by atoms with Crippen molar-refractivity contribution < 1.29 is 23.2 Å². The molecule has 35 heavy (non-hydrogen) atoms. The van der Waals surface area contributed by atoms with Gasteiger partial charge in [0.2, 0.25) is 11.7 Å². The first kappa shape index (κ1) is 22.6. The molecule has 1 saturated carbocycles. The van der Waals surface area contributed by atoms with Gasteiger partial charge < -0.3 is 19.9 Å². The number of carbonyl (C=O) groups is 2. The van der Waals surface area contributed by atoms with Gasteiger partial charge in [0.1, 0.15) is 11.4 Å². The second kappa shape index (κ2) is 8.53. The molecule has 5 rings (SSSR count). The Morgan fingerprint density at radius 3 is 2.66 bits per heavy atom. The van der Waals surface area contributed by atoms with Gasteiger partial charge in [-0.1, -0.05) is 24.3 Å². The quantitative estimate of drug-likeness (QED) is 0.421. The number of aryl methyl sites for hydroxylation is 1. The Balaban J connectivity index is 1.30. The van der Waals surface area contributed by atoms with E-state index in [1.165, 1.54) is 19.2 Å². The number of fused-ring (bicyclic) bond motifs is 1. The van der Waals surface area contributed by atoms with Gasteiger partial charge in [-0.05, 0) is 50.0 Å². The zero-order valence-electron chi connectivity index (χ0n) is 19.5. The van der Waals surface area contributed by atoms with Gasteiger partial charge in [0, 0.05) is 10.9 Å². The van der Waals surface area contributed by atoms with Crippen LogP contribution >= 0.6 is 0 Å². The number of rotatable bonds is 7. The van der Waals surface area contributed by atoms with Gasteiger partial charge >= 0.3 is 0 Å². The molecule has 0 spiro atoms. The summed E-state index contributed by atoms with van der Waals surface area (Å²) in [5, 5.41) is 14.6. The molecule has 1 fully saturated rings. The van der Waals surface area contributed by atoms with E-state index in [4.69, 9.17) is 9.26 Å². The molecule has 1 atom stereocenters. The lowest BCUT2D eigenvalue weighted by molar-refractivity contribution is -0.124. The smallest absolute Gasteiger partial charge is 0.290 e. The SMILES string of the molecule is COc1cc(C(=O)NC2(C(=O)N[C@H](C)c3ccc(-n4nc(C)c5ccccc54)cc3F)CC2)on1. The van der Waals surface area contributed by atoms with E-state index in [1.54, 1.807) is 23.7 Å². The molecule has 0 aliphatic heterocycles. The van der Waals surface area contributed by atoms with Crippen LogP contribution in [0.15, 0.2) is 53.1 Å². The minimum atomic E-state index is -1.06. The van der Waals surface area contributed by atoms with Gasteiger partial charge in [-0.15, -0.1) is 0 Å². The lowest BCUT2D eigenvalue weighted by Gasteiger charge is -2.21. The number of hydrogen-bond acceptors (Lipinski definition) is 6. The predicted molar refractivity (Wildman–Crippen MR) is 125 cm³/mol. The molecule has 9 nitrogen and oxygen atoms in total. The zero-order chi connectivity index (χ0) is 24.7. The number of hydrogen-bond donors (Lipinski definition) is 2. The fourth-order valence-electron chi connectivity index (χ4n) is 4.11. The number of benzene rings is 2. The number of ether oxygens (including phenoxy) is 1. The highest BCUT2D eigenvalue weighted by Gasteiger charge is 2.52. The van der Waals surface area contributed by atoms with Gasteiger partial charge in [-0.25, -0.2) is 9.07 Å². The van der Waals surface area contributed by atoms with Crippen LogP contribution in [0.4, 0.5) is 4.39 Å². The first-order valence-corrected chi connectivity index (χ1v) is 11.2. The Bertz CT molecular complexity index is 1440. The Hall–Kier alpha value is -4.21. The van der Waals surface area contributed by atoms with Crippen molar-refractivity contribution in [3.8, 4) is 11.6 Å². The first-order valence-electron chi connectivity index (χ1n) is 11.2. The molecule has 2 aromatic heterocycles. The third kappa shape index (κ3) is 4.11. The molecule has 2 amide bonds. The summed E-state index contributed by atoms with van der Waals surface area (Å²) in [5.41, 5.74) is 1.59. The second-order valence-corrected chi connectivity index (χ2v) is 8.69. The highest BCUT2D eigenvalue weighted by molar-refractivity contribution is 5.99. The van der Waals surface area contributed by atoms with Crippen LogP contribution in [0.5, 0.6) is 5.88 Å². The fraction of sp³-hybridized carbons (Fsp3) is 0.280. The summed E-state index contributed by atoms with van der Waals surface area (Å²) < 4.78 is 26.7. The van der Waals surface area contributed by atoms with Crippen molar-refractivity contribution >= 4 is 22.7 Å². The summed E-state index contributed by atoms with van der Waals surface area (Å²) in [6.07, 6.45) is 0.936. The number of carbonyl (C=O) groups excluding carboxylic acids is 2. The molecule has 4 aromatic rings. The molecule has 0 bridgehead atoms. The fourth-order valence-corrected chi connectivity index (χ4v) is 4.11. The van der Waals surface area contributed by atoms with Gasteiger partial charge in [0.25, 0.3) is 11.8 Å². The summed E-state index contributed by atoms with van der Waals surface area (Å²) in [4.78, 5) is 25.4. The number of para-hydroxylation sites is 1. The molecule has 0 saturated heterocycles. The van der Waals surface area contributed by atoms with E-state index in [-0.39, 0.29) is 17.5 Å². The average molecular weight is 477 g/mol. The summed E-state index contributed by atoms with van der Waals surface area (Å²) in [5.74, 6) is -1.32. The lowest BCUT2D eigenvalue weighted by Crippen LogP contribution is -2.49. The standard InChI is InChI=1S/C25H24FN5O4/c1-14(27-24(33)25(10-11-25)28-23(32)21-13-22(34-3)30-35-21)17-9-8-16(12-19(17)26)31-20-7-5-4-6-18(20)15(2)29-31/h4-9,12-14H,10-11H2,1-3H3,(H,27,33)(H,28,32)/t14-/m1/s1. The van der Waals surface area contributed by atoms with Crippen LogP contribution in [0, 0.1) is 12.7 Å². The maximum absolute atomic E-state index is 15.1. The minimum absolute atomic E-state index is 0.0583. The van der Waals surface area contributed by atoms with E-state index >= 15 is 4.39 Å². The highest BCUT2D eigenvalue weighted by Crippen LogP contribution is 2.37. The second-order valence-electron chi connectivity index (χ2n) is 8.69. The molecule has 180 valence electrons. The monoisotopic (exact) mass is 477 g/mol. The zero-order valence-corrected chi connectivity index (χ0v) is 19.5.